The van der Waals surface area contributed by atoms with E-state index in [2.05, 4.69) is 5.32 Å². The van der Waals surface area contributed by atoms with E-state index in [9.17, 15) is 23.5 Å². The quantitative estimate of drug-likeness (QED) is 0.650. The van der Waals surface area contributed by atoms with Crippen molar-refractivity contribution in [2.45, 2.75) is 25.0 Å². The number of carbonyl (C=O) groups is 1. The molecule has 6 nitrogen and oxygen atoms in total. The average Bonchev–Trinajstić information content (AvgIpc) is 3.59. The predicted molar refractivity (Wildman–Crippen MR) is 107 cm³/mol. The minimum Gasteiger partial charge on any atom is -0.491 e. The van der Waals surface area contributed by atoms with Crippen molar-refractivity contribution in [3.63, 3.8) is 0 Å². The van der Waals surface area contributed by atoms with Crippen molar-refractivity contribution in [3.05, 3.63) is 75.6 Å². The minimum absolute atomic E-state index is 0.0340. The molecule has 1 aliphatic rings. The molecule has 30 heavy (non-hydrogen) atoms. The normalized spacial score (nSPS) is 14.5. The van der Waals surface area contributed by atoms with Gasteiger partial charge in [0.1, 0.15) is 5.56 Å². The lowest BCUT2D eigenvalue weighted by Crippen LogP contribution is -2.33. The molecule has 1 saturated carbocycles. The van der Waals surface area contributed by atoms with Gasteiger partial charge in [-0.05, 0) is 24.5 Å². The third-order valence-corrected chi connectivity index (χ3v) is 5.20. The van der Waals surface area contributed by atoms with Crippen molar-refractivity contribution >= 4 is 16.8 Å². The maximum atomic E-state index is 14.2. The molecule has 0 spiro atoms. The molecule has 1 heterocycles. The highest BCUT2D eigenvalue weighted by Crippen LogP contribution is 2.40. The molecule has 1 aromatic heterocycles. The molecule has 1 fully saturated rings. The number of halogens is 2. The summed E-state index contributed by atoms with van der Waals surface area (Å²) in [6.07, 6.45) is 1.97. The molecule has 0 unspecified atom stereocenters. The van der Waals surface area contributed by atoms with Crippen LogP contribution in [-0.2, 0) is 0 Å². The van der Waals surface area contributed by atoms with Crippen LogP contribution in [0.4, 0.5) is 8.78 Å². The van der Waals surface area contributed by atoms with Crippen molar-refractivity contribution in [2.24, 2.45) is 0 Å². The largest absolute Gasteiger partial charge is 0.491 e. The molecule has 156 valence electrons. The van der Waals surface area contributed by atoms with Crippen molar-refractivity contribution in [1.29, 1.82) is 0 Å². The van der Waals surface area contributed by atoms with E-state index in [1.54, 1.807) is 34.9 Å². The van der Waals surface area contributed by atoms with Crippen molar-refractivity contribution < 1.29 is 23.4 Å². The van der Waals surface area contributed by atoms with Crippen LogP contribution in [-0.4, -0.2) is 29.2 Å². The minimum atomic E-state index is -1.23. The number of pyridine rings is 1. The van der Waals surface area contributed by atoms with Crippen LogP contribution in [0.5, 0.6) is 5.75 Å². The van der Waals surface area contributed by atoms with Crippen molar-refractivity contribution in [2.75, 3.05) is 13.7 Å². The average molecular weight is 414 g/mol. The summed E-state index contributed by atoms with van der Waals surface area (Å²) in [7, 11) is 1.20. The molecule has 0 radical (unpaired) electrons. The van der Waals surface area contributed by atoms with Crippen LogP contribution in [0, 0.1) is 11.6 Å². The standard InChI is InChI=1S/C22H20F2N2O4/c1-30-21-18(24)16(23)9-14-19(21)26(13-7-8-13)11-15(20(14)28)22(29)25-10-17(27)12-5-3-2-4-6-12/h2-6,9,11,13,17,27H,7-8,10H2,1H3,(H,25,29)/t17-/m0/s1. The van der Waals surface area contributed by atoms with E-state index < -0.39 is 29.1 Å². The van der Waals surface area contributed by atoms with Crippen molar-refractivity contribution in [1.82, 2.24) is 9.88 Å². The Hall–Kier alpha value is -3.26. The summed E-state index contributed by atoms with van der Waals surface area (Å²) in [5.74, 6) is -3.46. The lowest BCUT2D eigenvalue weighted by molar-refractivity contribution is 0.0914. The number of nitrogens with zero attached hydrogens (tertiary/aromatic N) is 1. The fraction of sp³-hybridized carbons (Fsp3) is 0.273. The van der Waals surface area contributed by atoms with E-state index in [0.717, 1.165) is 18.9 Å². The Kier molecular flexibility index (Phi) is 5.26. The van der Waals surface area contributed by atoms with Crippen LogP contribution < -0.4 is 15.5 Å². The van der Waals surface area contributed by atoms with Crippen LogP contribution in [0.15, 0.2) is 47.4 Å². The molecule has 4 rings (SSSR count). The van der Waals surface area contributed by atoms with E-state index in [-0.39, 0.29) is 34.8 Å². The number of aliphatic hydroxyl groups excluding tert-OH is 1. The Bertz CT molecular complexity index is 1170. The number of rotatable bonds is 6. The van der Waals surface area contributed by atoms with Crippen molar-refractivity contribution in [3.8, 4) is 5.75 Å². The highest BCUT2D eigenvalue weighted by atomic mass is 19.2. The van der Waals surface area contributed by atoms with E-state index in [1.807, 2.05) is 0 Å². The summed E-state index contributed by atoms with van der Waals surface area (Å²) in [5, 5.41) is 12.7. The molecular formula is C22H20F2N2O4. The van der Waals surface area contributed by atoms with Gasteiger partial charge in [-0.25, -0.2) is 4.39 Å². The zero-order valence-electron chi connectivity index (χ0n) is 16.2. The highest BCUT2D eigenvalue weighted by Gasteiger charge is 2.30. The third-order valence-electron chi connectivity index (χ3n) is 5.20. The molecule has 1 atom stereocenters. The summed E-state index contributed by atoms with van der Waals surface area (Å²) in [6, 6.07) is 9.53. The van der Waals surface area contributed by atoms with Gasteiger partial charge >= 0.3 is 0 Å². The van der Waals surface area contributed by atoms with Gasteiger partial charge < -0.3 is 19.7 Å². The Morgan fingerprint density at radius 3 is 2.63 bits per heavy atom. The van der Waals surface area contributed by atoms with Gasteiger partial charge in [0, 0.05) is 18.8 Å². The highest BCUT2D eigenvalue weighted by molar-refractivity contribution is 5.98. The second-order valence-corrected chi connectivity index (χ2v) is 7.25. The predicted octanol–water partition coefficient (Wildman–Crippen LogP) is 3.09. The number of aromatic nitrogens is 1. The van der Waals surface area contributed by atoms with E-state index in [1.165, 1.54) is 13.3 Å². The number of methoxy groups -OCH3 is 1. The van der Waals surface area contributed by atoms with Gasteiger partial charge in [0.05, 0.1) is 24.1 Å². The van der Waals surface area contributed by atoms with Crippen LogP contribution in [0.25, 0.3) is 10.9 Å². The summed E-state index contributed by atoms with van der Waals surface area (Å²) in [4.78, 5) is 25.6. The van der Waals surface area contributed by atoms with Gasteiger partial charge in [-0.15, -0.1) is 0 Å². The summed E-state index contributed by atoms with van der Waals surface area (Å²) < 4.78 is 34.9. The topological polar surface area (TPSA) is 80.6 Å². The lowest BCUT2D eigenvalue weighted by Gasteiger charge is -2.17. The van der Waals surface area contributed by atoms with Gasteiger partial charge in [-0.2, -0.15) is 4.39 Å². The number of carbonyl (C=O) groups excluding carboxylic acids is 1. The number of aliphatic hydroxyl groups is 1. The van der Waals surface area contributed by atoms with Gasteiger partial charge in [0.15, 0.2) is 11.6 Å². The van der Waals surface area contributed by atoms with Gasteiger partial charge in [0.25, 0.3) is 5.91 Å². The first-order chi connectivity index (χ1) is 14.4. The second kappa shape index (κ2) is 7.87. The first kappa shape index (κ1) is 20.0. The molecule has 1 amide bonds. The van der Waals surface area contributed by atoms with E-state index in [4.69, 9.17) is 4.74 Å². The van der Waals surface area contributed by atoms with Crippen LogP contribution >= 0.6 is 0 Å². The number of nitrogens with one attached hydrogen (secondary N) is 1. The Morgan fingerprint density at radius 1 is 1.30 bits per heavy atom. The maximum Gasteiger partial charge on any atom is 0.256 e. The number of fused-ring (bicyclic) bond motifs is 1. The van der Waals surface area contributed by atoms with Crippen LogP contribution in [0.2, 0.25) is 0 Å². The fourth-order valence-corrected chi connectivity index (χ4v) is 3.50. The maximum absolute atomic E-state index is 14.2. The zero-order valence-corrected chi connectivity index (χ0v) is 16.2. The number of hydrogen-bond acceptors (Lipinski definition) is 4. The molecule has 0 bridgehead atoms. The molecule has 1 aliphatic carbocycles. The lowest BCUT2D eigenvalue weighted by atomic mass is 10.1. The molecule has 2 N–H and O–H groups in total. The van der Waals surface area contributed by atoms with Gasteiger partial charge in [-0.1, -0.05) is 30.3 Å². The number of hydrogen-bond donors (Lipinski definition) is 2. The van der Waals surface area contributed by atoms with E-state index >= 15 is 0 Å². The van der Waals surface area contributed by atoms with Crippen LogP contribution in [0.3, 0.4) is 0 Å². The first-order valence-electron chi connectivity index (χ1n) is 9.54. The monoisotopic (exact) mass is 414 g/mol. The number of benzene rings is 2. The summed E-state index contributed by atoms with van der Waals surface area (Å²) >= 11 is 0. The van der Waals surface area contributed by atoms with Gasteiger partial charge in [-0.3, -0.25) is 9.59 Å². The SMILES string of the molecule is COc1c(F)c(F)cc2c(=O)c(C(=O)NC[C@H](O)c3ccccc3)cn(C3CC3)c12. The van der Waals surface area contributed by atoms with Gasteiger partial charge in [0.2, 0.25) is 11.2 Å². The summed E-state index contributed by atoms with van der Waals surface area (Å²) in [5.41, 5.74) is -0.188. The molecule has 0 aliphatic heterocycles. The second-order valence-electron chi connectivity index (χ2n) is 7.25. The van der Waals surface area contributed by atoms with E-state index in [0.29, 0.717) is 5.56 Å². The Labute approximate surface area is 170 Å². The fourth-order valence-electron chi connectivity index (χ4n) is 3.50. The Balaban J connectivity index is 1.73. The smallest absolute Gasteiger partial charge is 0.256 e. The van der Waals surface area contributed by atoms with Crippen LogP contribution in [0.1, 0.15) is 40.9 Å². The number of ether oxygens (including phenoxy) is 1. The molecular weight excluding hydrogens is 394 g/mol. The first-order valence-corrected chi connectivity index (χ1v) is 9.54. The number of amides is 1. The molecule has 8 heteroatoms. The summed E-state index contributed by atoms with van der Waals surface area (Å²) in [6.45, 7) is -0.106. The third kappa shape index (κ3) is 3.54. The molecule has 0 saturated heterocycles. The molecule has 3 aromatic rings. The molecule has 2 aromatic carbocycles. The Morgan fingerprint density at radius 2 is 2.00 bits per heavy atom. The zero-order chi connectivity index (χ0) is 21.4.